The van der Waals surface area contributed by atoms with Crippen molar-refractivity contribution in [2.45, 2.75) is 31.7 Å². The molecule has 7 nitrogen and oxygen atoms in total. The lowest BCUT2D eigenvalue weighted by atomic mass is 9.99. The summed E-state index contributed by atoms with van der Waals surface area (Å²) in [4.78, 5) is 29.0. The number of methoxy groups -OCH3 is 2. The van der Waals surface area contributed by atoms with Gasteiger partial charge in [0.2, 0.25) is 5.91 Å². The maximum absolute atomic E-state index is 12.9. The van der Waals surface area contributed by atoms with Gasteiger partial charge in [-0.05, 0) is 30.9 Å². The third-order valence-corrected chi connectivity index (χ3v) is 5.71. The fourth-order valence-corrected chi connectivity index (χ4v) is 3.98. The zero-order valence-electron chi connectivity index (χ0n) is 16.6. The van der Waals surface area contributed by atoms with E-state index in [2.05, 4.69) is 0 Å². The molecule has 1 aromatic carbocycles. The van der Waals surface area contributed by atoms with E-state index in [-0.39, 0.29) is 30.3 Å². The lowest BCUT2D eigenvalue weighted by Gasteiger charge is -2.35. The Hall–Kier alpha value is -1.99. The van der Waals surface area contributed by atoms with E-state index in [1.54, 1.807) is 30.2 Å². The highest BCUT2D eigenvalue weighted by molar-refractivity contribution is 5.97. The molecule has 2 amide bonds. The minimum absolute atomic E-state index is 0. The number of hydrogen-bond acceptors (Lipinski definition) is 5. The lowest BCUT2D eigenvalue weighted by Crippen LogP contribution is -2.51. The molecule has 1 heterocycles. The van der Waals surface area contributed by atoms with Gasteiger partial charge in [-0.15, -0.1) is 12.4 Å². The van der Waals surface area contributed by atoms with Gasteiger partial charge in [-0.2, -0.15) is 0 Å². The van der Waals surface area contributed by atoms with Crippen molar-refractivity contribution in [2.24, 2.45) is 11.7 Å². The van der Waals surface area contributed by atoms with Crippen molar-refractivity contribution in [1.82, 2.24) is 9.80 Å². The minimum atomic E-state index is -0.0839. The van der Waals surface area contributed by atoms with Crippen LogP contribution >= 0.6 is 12.4 Å². The van der Waals surface area contributed by atoms with Crippen LogP contribution in [0.5, 0.6) is 11.5 Å². The van der Waals surface area contributed by atoms with E-state index in [1.807, 2.05) is 4.90 Å². The van der Waals surface area contributed by atoms with Crippen LogP contribution in [0.25, 0.3) is 0 Å². The van der Waals surface area contributed by atoms with Crippen molar-refractivity contribution in [1.29, 1.82) is 0 Å². The highest BCUT2D eigenvalue weighted by Gasteiger charge is 2.30. The van der Waals surface area contributed by atoms with E-state index in [9.17, 15) is 9.59 Å². The van der Waals surface area contributed by atoms with Gasteiger partial charge < -0.3 is 25.0 Å². The van der Waals surface area contributed by atoms with Crippen LogP contribution in [0.4, 0.5) is 0 Å². The van der Waals surface area contributed by atoms with Crippen LogP contribution in [0.2, 0.25) is 0 Å². The van der Waals surface area contributed by atoms with Crippen molar-refractivity contribution in [3.05, 3.63) is 23.8 Å². The van der Waals surface area contributed by atoms with Gasteiger partial charge in [0.15, 0.2) is 0 Å². The molecule has 0 aromatic heterocycles. The number of nitrogens with two attached hydrogens (primary N) is 1. The molecule has 2 atom stereocenters. The lowest BCUT2D eigenvalue weighted by molar-refractivity contribution is -0.133. The molecule has 2 fully saturated rings. The maximum atomic E-state index is 12.9. The number of carbonyl (C=O) groups excluding carboxylic acids is 2. The van der Waals surface area contributed by atoms with E-state index < -0.39 is 0 Å². The van der Waals surface area contributed by atoms with E-state index in [4.69, 9.17) is 15.2 Å². The van der Waals surface area contributed by atoms with Crippen molar-refractivity contribution in [3.8, 4) is 11.5 Å². The second kappa shape index (κ2) is 9.98. The molecular formula is C20H30ClN3O4. The molecule has 3 rings (SSSR count). The summed E-state index contributed by atoms with van der Waals surface area (Å²) in [5.74, 6) is 1.52. The van der Waals surface area contributed by atoms with E-state index >= 15 is 0 Å². The molecule has 1 aliphatic heterocycles. The number of ether oxygens (including phenoxy) is 2. The van der Waals surface area contributed by atoms with Crippen molar-refractivity contribution >= 4 is 24.2 Å². The number of carbonyl (C=O) groups is 2. The average Bonchev–Trinajstić information content (AvgIpc) is 3.11. The topological polar surface area (TPSA) is 85.1 Å². The summed E-state index contributed by atoms with van der Waals surface area (Å²) < 4.78 is 10.5. The molecule has 0 spiro atoms. The van der Waals surface area contributed by atoms with Crippen LogP contribution in [0.15, 0.2) is 18.2 Å². The van der Waals surface area contributed by atoms with Crippen LogP contribution in [0.1, 0.15) is 36.0 Å². The van der Waals surface area contributed by atoms with Gasteiger partial charge >= 0.3 is 0 Å². The summed E-state index contributed by atoms with van der Waals surface area (Å²) in [5.41, 5.74) is 6.60. The molecule has 0 unspecified atom stereocenters. The standard InChI is InChI=1S/C20H29N3O4.ClH/c1-26-15-6-7-16(18(13-15)27-2)20(25)23-10-8-22(9-11-23)19(24)12-14-4-3-5-17(14)21;/h6-7,13-14,17H,3-5,8-12,21H2,1-2H3;1H/t14-,17+;/m0./s1. The highest BCUT2D eigenvalue weighted by atomic mass is 35.5. The van der Waals surface area contributed by atoms with Crippen LogP contribution in [-0.4, -0.2) is 68.1 Å². The SMILES string of the molecule is COc1ccc(C(=O)N2CCN(C(=O)C[C@@H]3CCC[C@H]3N)CC2)c(OC)c1.Cl. The number of benzene rings is 1. The minimum Gasteiger partial charge on any atom is -0.497 e. The number of rotatable bonds is 5. The van der Waals surface area contributed by atoms with E-state index in [1.165, 1.54) is 7.11 Å². The Morgan fingerprint density at radius 1 is 1.07 bits per heavy atom. The van der Waals surface area contributed by atoms with Crippen molar-refractivity contribution < 1.29 is 19.1 Å². The molecule has 1 saturated carbocycles. The average molecular weight is 412 g/mol. The number of nitrogens with zero attached hydrogens (tertiary/aromatic N) is 2. The van der Waals surface area contributed by atoms with Gasteiger partial charge in [0.1, 0.15) is 11.5 Å². The Bertz CT molecular complexity index is 692. The van der Waals surface area contributed by atoms with Gasteiger partial charge in [0.25, 0.3) is 5.91 Å². The van der Waals surface area contributed by atoms with Crippen LogP contribution < -0.4 is 15.2 Å². The molecule has 2 aliphatic rings. The van der Waals surface area contributed by atoms with Crippen molar-refractivity contribution in [2.75, 3.05) is 40.4 Å². The molecule has 1 aliphatic carbocycles. The third kappa shape index (κ3) is 4.89. The number of halogens is 1. The Kier molecular flexibility index (Phi) is 7.95. The Labute approximate surface area is 172 Å². The summed E-state index contributed by atoms with van der Waals surface area (Å²) in [6.45, 7) is 2.17. The summed E-state index contributed by atoms with van der Waals surface area (Å²) in [7, 11) is 3.11. The molecule has 0 radical (unpaired) electrons. The first kappa shape index (κ1) is 22.3. The molecule has 0 bridgehead atoms. The number of piperazine rings is 1. The van der Waals surface area contributed by atoms with Gasteiger partial charge in [-0.25, -0.2) is 0 Å². The fourth-order valence-electron chi connectivity index (χ4n) is 3.98. The predicted molar refractivity (Wildman–Crippen MR) is 109 cm³/mol. The molecule has 2 N–H and O–H groups in total. The molecule has 28 heavy (non-hydrogen) atoms. The second-order valence-electron chi connectivity index (χ2n) is 7.30. The molecule has 1 aromatic rings. The predicted octanol–water partition coefficient (Wildman–Crippen LogP) is 1.93. The molecular weight excluding hydrogens is 382 g/mol. The summed E-state index contributed by atoms with van der Waals surface area (Å²) in [6, 6.07) is 5.33. The quantitative estimate of drug-likeness (QED) is 0.800. The summed E-state index contributed by atoms with van der Waals surface area (Å²) in [6.07, 6.45) is 3.71. The molecule has 1 saturated heterocycles. The Morgan fingerprint density at radius 3 is 2.32 bits per heavy atom. The van der Waals surface area contributed by atoms with Crippen LogP contribution in [0.3, 0.4) is 0 Å². The number of hydrogen-bond donors (Lipinski definition) is 1. The second-order valence-corrected chi connectivity index (χ2v) is 7.30. The zero-order chi connectivity index (χ0) is 19.4. The van der Waals surface area contributed by atoms with Gasteiger partial charge in [0, 0.05) is 44.7 Å². The molecule has 156 valence electrons. The van der Waals surface area contributed by atoms with Crippen molar-refractivity contribution in [3.63, 3.8) is 0 Å². The van der Waals surface area contributed by atoms with Crippen LogP contribution in [0, 0.1) is 5.92 Å². The Balaban J connectivity index is 0.00000280. The number of amides is 2. The molecule has 8 heteroatoms. The third-order valence-electron chi connectivity index (χ3n) is 5.71. The smallest absolute Gasteiger partial charge is 0.257 e. The van der Waals surface area contributed by atoms with Crippen LogP contribution in [-0.2, 0) is 4.79 Å². The highest BCUT2D eigenvalue weighted by Crippen LogP contribution is 2.28. The summed E-state index contributed by atoms with van der Waals surface area (Å²) in [5, 5.41) is 0. The Morgan fingerprint density at radius 2 is 1.75 bits per heavy atom. The first-order valence-corrected chi connectivity index (χ1v) is 9.58. The normalized spacial score (nSPS) is 21.8. The first-order chi connectivity index (χ1) is 13.0. The van der Waals surface area contributed by atoms with Gasteiger partial charge in [-0.3, -0.25) is 9.59 Å². The zero-order valence-corrected chi connectivity index (χ0v) is 17.4. The van der Waals surface area contributed by atoms with E-state index in [0.29, 0.717) is 55.6 Å². The van der Waals surface area contributed by atoms with E-state index in [0.717, 1.165) is 19.3 Å². The largest absolute Gasteiger partial charge is 0.497 e. The first-order valence-electron chi connectivity index (χ1n) is 9.58. The van der Waals surface area contributed by atoms with Gasteiger partial charge in [0.05, 0.1) is 19.8 Å². The maximum Gasteiger partial charge on any atom is 0.257 e. The van der Waals surface area contributed by atoms with Gasteiger partial charge in [-0.1, -0.05) is 6.42 Å². The summed E-state index contributed by atoms with van der Waals surface area (Å²) >= 11 is 0. The fraction of sp³-hybridized carbons (Fsp3) is 0.600. The monoisotopic (exact) mass is 411 g/mol.